The molecule has 0 bridgehead atoms. The second-order valence-corrected chi connectivity index (χ2v) is 7.98. The minimum atomic E-state index is -1.24. The molecular formula is C26H18N2O7. The lowest BCUT2D eigenvalue weighted by atomic mass is 9.83. The number of hydrogen-bond donors (Lipinski definition) is 1. The van der Waals surface area contributed by atoms with Crippen LogP contribution in [0.2, 0.25) is 0 Å². The molecule has 1 N–H and O–H groups in total. The number of oxazole rings is 1. The van der Waals surface area contributed by atoms with Crippen molar-refractivity contribution in [3.8, 4) is 0 Å². The van der Waals surface area contributed by atoms with E-state index in [1.54, 1.807) is 54.6 Å². The molecule has 9 nitrogen and oxygen atoms in total. The van der Waals surface area contributed by atoms with Crippen LogP contribution in [0.4, 0.5) is 5.69 Å². The molecular weight excluding hydrogens is 452 g/mol. The normalized spacial score (nSPS) is 13.2. The lowest BCUT2D eigenvalue weighted by Crippen LogP contribution is -2.33. The topological polar surface area (TPSA) is 125 Å². The number of carbonyl (C=O) groups excluding carboxylic acids is 4. The van der Waals surface area contributed by atoms with E-state index in [-0.39, 0.29) is 33.9 Å². The van der Waals surface area contributed by atoms with Gasteiger partial charge in [-0.15, -0.1) is 0 Å². The zero-order valence-corrected chi connectivity index (χ0v) is 18.4. The molecule has 4 aromatic rings. The summed E-state index contributed by atoms with van der Waals surface area (Å²) in [5.74, 6) is -2.95. The second kappa shape index (κ2) is 8.53. The molecule has 1 heterocycles. The predicted molar refractivity (Wildman–Crippen MR) is 124 cm³/mol. The first-order valence-electron chi connectivity index (χ1n) is 10.8. The molecule has 1 aliphatic rings. The number of aromatic nitrogens is 1. The molecule has 1 atom stereocenters. The highest BCUT2D eigenvalue weighted by molar-refractivity contribution is 6.30. The molecule has 1 amide bonds. The Morgan fingerprint density at radius 3 is 2.31 bits per heavy atom. The van der Waals surface area contributed by atoms with Gasteiger partial charge in [0.05, 0.1) is 16.8 Å². The molecule has 0 aliphatic heterocycles. The van der Waals surface area contributed by atoms with Crippen LogP contribution in [0.3, 0.4) is 0 Å². The van der Waals surface area contributed by atoms with Crippen LogP contribution in [-0.4, -0.2) is 34.1 Å². The fourth-order valence-corrected chi connectivity index (χ4v) is 4.06. The molecule has 0 fully saturated rings. The second-order valence-electron chi connectivity index (χ2n) is 7.98. The zero-order valence-electron chi connectivity index (χ0n) is 18.4. The van der Waals surface area contributed by atoms with E-state index in [1.165, 1.54) is 19.1 Å². The molecule has 1 aromatic heterocycles. The number of nitrogens with zero attached hydrogens (tertiary/aromatic N) is 1. The molecule has 0 saturated carbocycles. The van der Waals surface area contributed by atoms with Crippen LogP contribution < -0.4 is 11.1 Å². The first-order valence-corrected chi connectivity index (χ1v) is 10.8. The van der Waals surface area contributed by atoms with Gasteiger partial charge in [0, 0.05) is 16.7 Å². The van der Waals surface area contributed by atoms with E-state index in [1.807, 2.05) is 0 Å². The van der Waals surface area contributed by atoms with E-state index in [0.29, 0.717) is 16.7 Å². The van der Waals surface area contributed by atoms with Crippen LogP contribution in [-0.2, 0) is 20.9 Å². The Labute approximate surface area is 197 Å². The average molecular weight is 470 g/mol. The number of esters is 1. The number of nitrogens with one attached hydrogen (secondary N) is 1. The highest BCUT2D eigenvalue weighted by Gasteiger charge is 2.32. The van der Waals surface area contributed by atoms with Crippen LogP contribution in [0, 0.1) is 0 Å². The highest BCUT2D eigenvalue weighted by atomic mass is 16.5. The van der Waals surface area contributed by atoms with Gasteiger partial charge in [-0.3, -0.25) is 23.7 Å². The van der Waals surface area contributed by atoms with Crippen molar-refractivity contribution < 1.29 is 28.3 Å². The van der Waals surface area contributed by atoms with Crippen molar-refractivity contribution in [1.29, 1.82) is 0 Å². The lowest BCUT2D eigenvalue weighted by Gasteiger charge is -2.21. The van der Waals surface area contributed by atoms with Crippen molar-refractivity contribution in [3.63, 3.8) is 0 Å². The number of rotatable bonds is 5. The Hall–Kier alpha value is -4.79. The van der Waals surface area contributed by atoms with E-state index in [9.17, 15) is 24.0 Å². The molecule has 174 valence electrons. The summed E-state index contributed by atoms with van der Waals surface area (Å²) in [7, 11) is 0. The Morgan fingerprint density at radius 2 is 1.54 bits per heavy atom. The fraction of sp³-hybridized carbons (Fsp3) is 0.115. The molecule has 0 radical (unpaired) electrons. The number of ketones is 2. The van der Waals surface area contributed by atoms with Crippen LogP contribution in [0.15, 0.2) is 75.9 Å². The van der Waals surface area contributed by atoms with E-state index in [2.05, 4.69) is 5.32 Å². The van der Waals surface area contributed by atoms with Crippen molar-refractivity contribution in [2.75, 3.05) is 5.32 Å². The number of amides is 1. The number of carbonyl (C=O) groups is 4. The lowest BCUT2D eigenvalue weighted by molar-refractivity contribution is -0.153. The summed E-state index contributed by atoms with van der Waals surface area (Å²) in [6, 6.07) is 17.7. The fourth-order valence-electron chi connectivity index (χ4n) is 4.06. The third-order valence-corrected chi connectivity index (χ3v) is 5.75. The maximum atomic E-state index is 13.1. The molecule has 3 aromatic carbocycles. The van der Waals surface area contributed by atoms with E-state index < -0.39 is 30.3 Å². The van der Waals surface area contributed by atoms with Gasteiger partial charge in [0.1, 0.15) is 6.54 Å². The average Bonchev–Trinajstić information content (AvgIpc) is 3.17. The number of ether oxygens (including phenoxy) is 1. The Balaban J connectivity index is 1.33. The largest absolute Gasteiger partial charge is 0.451 e. The summed E-state index contributed by atoms with van der Waals surface area (Å²) in [6.45, 7) is 0.916. The maximum absolute atomic E-state index is 13.1. The van der Waals surface area contributed by atoms with Gasteiger partial charge in [-0.2, -0.15) is 0 Å². The Morgan fingerprint density at radius 1 is 0.886 bits per heavy atom. The molecule has 1 aliphatic carbocycles. The number of benzene rings is 3. The summed E-state index contributed by atoms with van der Waals surface area (Å²) in [5.41, 5.74) is 1.71. The van der Waals surface area contributed by atoms with Gasteiger partial charge in [0.15, 0.2) is 23.3 Å². The van der Waals surface area contributed by atoms with Crippen LogP contribution >= 0.6 is 0 Å². The third kappa shape index (κ3) is 3.82. The summed E-state index contributed by atoms with van der Waals surface area (Å²) in [5, 5.41) is 2.58. The van der Waals surface area contributed by atoms with E-state index >= 15 is 0 Å². The first kappa shape index (κ1) is 22.0. The van der Waals surface area contributed by atoms with Crippen molar-refractivity contribution in [3.05, 3.63) is 99.5 Å². The SMILES string of the molecule is CC(OC(=O)Cn1c(=O)oc2ccccc21)C(=O)Nc1cccc2c1C(=O)c1ccccc1C2=O. The van der Waals surface area contributed by atoms with Gasteiger partial charge in [-0.05, 0) is 25.1 Å². The van der Waals surface area contributed by atoms with Gasteiger partial charge in [-0.1, -0.05) is 48.5 Å². The van der Waals surface area contributed by atoms with E-state index in [0.717, 1.165) is 4.57 Å². The summed E-state index contributed by atoms with van der Waals surface area (Å²) >= 11 is 0. The third-order valence-electron chi connectivity index (χ3n) is 5.75. The number of fused-ring (bicyclic) bond motifs is 3. The maximum Gasteiger partial charge on any atom is 0.420 e. The first-order chi connectivity index (χ1) is 16.8. The molecule has 0 spiro atoms. The predicted octanol–water partition coefficient (Wildman–Crippen LogP) is 2.94. The van der Waals surface area contributed by atoms with Gasteiger partial charge in [-0.25, -0.2) is 4.79 Å². The highest BCUT2D eigenvalue weighted by Crippen LogP contribution is 2.32. The summed E-state index contributed by atoms with van der Waals surface area (Å²) in [4.78, 5) is 63.2. The standard InChI is InChI=1S/C26H18N2O7/c1-14(34-21(29)13-28-19-11-4-5-12-20(19)35-26(28)33)25(32)27-18-10-6-9-17-22(18)24(31)16-8-3-2-7-15(16)23(17)30/h2-12,14H,13H2,1H3,(H,27,32). The van der Waals surface area contributed by atoms with Crippen LogP contribution in [0.25, 0.3) is 11.1 Å². The van der Waals surface area contributed by atoms with Crippen molar-refractivity contribution >= 4 is 40.2 Å². The van der Waals surface area contributed by atoms with E-state index in [4.69, 9.17) is 9.15 Å². The monoisotopic (exact) mass is 470 g/mol. The Kier molecular flexibility index (Phi) is 5.37. The quantitative estimate of drug-likeness (QED) is 0.392. The molecule has 1 unspecified atom stereocenters. The van der Waals surface area contributed by atoms with Gasteiger partial charge in [0.25, 0.3) is 5.91 Å². The minimum Gasteiger partial charge on any atom is -0.451 e. The number of hydrogen-bond acceptors (Lipinski definition) is 7. The van der Waals surface area contributed by atoms with Crippen molar-refractivity contribution in [1.82, 2.24) is 4.57 Å². The molecule has 35 heavy (non-hydrogen) atoms. The molecule has 0 saturated heterocycles. The number of anilines is 1. The van der Waals surface area contributed by atoms with Gasteiger partial charge in [0.2, 0.25) is 0 Å². The van der Waals surface area contributed by atoms with Crippen molar-refractivity contribution in [2.45, 2.75) is 19.6 Å². The van der Waals surface area contributed by atoms with Gasteiger partial charge < -0.3 is 14.5 Å². The smallest absolute Gasteiger partial charge is 0.420 e. The molecule has 9 heteroatoms. The molecule has 5 rings (SSSR count). The Bertz CT molecular complexity index is 1590. The minimum absolute atomic E-state index is 0.0829. The van der Waals surface area contributed by atoms with Crippen LogP contribution in [0.1, 0.15) is 38.8 Å². The van der Waals surface area contributed by atoms with Gasteiger partial charge >= 0.3 is 11.7 Å². The van der Waals surface area contributed by atoms with Crippen molar-refractivity contribution in [2.24, 2.45) is 0 Å². The number of para-hydroxylation sites is 2. The zero-order chi connectivity index (χ0) is 24.7. The van der Waals surface area contributed by atoms with Crippen LogP contribution in [0.5, 0.6) is 0 Å². The summed E-state index contributed by atoms with van der Waals surface area (Å²) in [6.07, 6.45) is -1.24. The summed E-state index contributed by atoms with van der Waals surface area (Å²) < 4.78 is 11.4.